The molecule has 0 atom stereocenters. The van der Waals surface area contributed by atoms with E-state index in [-0.39, 0.29) is 23.8 Å². The van der Waals surface area contributed by atoms with Crippen molar-refractivity contribution in [1.29, 1.82) is 0 Å². The normalized spacial score (nSPS) is 16.4. The third kappa shape index (κ3) is 6.71. The van der Waals surface area contributed by atoms with E-state index in [0.29, 0.717) is 24.4 Å². The predicted octanol–water partition coefficient (Wildman–Crippen LogP) is -0.141. The number of nitrogens with one attached hydrogen (secondary N) is 1. The summed E-state index contributed by atoms with van der Waals surface area (Å²) in [4.78, 5) is 27.5. The summed E-state index contributed by atoms with van der Waals surface area (Å²) in [6, 6.07) is 0. The Morgan fingerprint density at radius 3 is 2.33 bits per heavy atom. The monoisotopic (exact) mass is 397 g/mol. The number of carbonyl (C=O) groups is 2. The quantitative estimate of drug-likeness (QED) is 0.621. The van der Waals surface area contributed by atoms with Gasteiger partial charge in [-0.1, -0.05) is 0 Å². The van der Waals surface area contributed by atoms with Crippen molar-refractivity contribution < 1.29 is 9.59 Å². The Bertz CT molecular complexity index is 727. The van der Waals surface area contributed by atoms with Crippen LogP contribution in [0.2, 0.25) is 0 Å². The molecule has 9 nitrogen and oxygen atoms in total. The van der Waals surface area contributed by atoms with E-state index in [0.717, 1.165) is 32.0 Å². The van der Waals surface area contributed by atoms with Gasteiger partial charge in [-0.05, 0) is 33.0 Å². The molecule has 0 aliphatic carbocycles. The maximum Gasteiger partial charge on any atom is 0.234 e. The Balaban J connectivity index is 1.85. The van der Waals surface area contributed by atoms with E-state index in [1.807, 2.05) is 32.4 Å². The van der Waals surface area contributed by atoms with Gasteiger partial charge in [0.15, 0.2) is 4.77 Å². The molecule has 3 N–H and O–H groups in total. The van der Waals surface area contributed by atoms with Crippen molar-refractivity contribution >= 4 is 24.0 Å². The van der Waals surface area contributed by atoms with Gasteiger partial charge in [-0.2, -0.15) is 5.10 Å². The van der Waals surface area contributed by atoms with Crippen LogP contribution in [0, 0.1) is 4.77 Å². The maximum atomic E-state index is 12.1. The zero-order chi connectivity index (χ0) is 20.2. The highest BCUT2D eigenvalue weighted by atomic mass is 32.1. The molecule has 152 valence electrons. The van der Waals surface area contributed by atoms with Gasteiger partial charge in [-0.3, -0.25) is 19.4 Å². The largest absolute Gasteiger partial charge is 0.370 e. The number of carbonyl (C=O) groups excluding carboxylic acids is 2. The van der Waals surface area contributed by atoms with Gasteiger partial charge in [-0.15, -0.1) is 0 Å². The van der Waals surface area contributed by atoms with Gasteiger partial charge in [0.2, 0.25) is 11.8 Å². The lowest BCUT2D eigenvalue weighted by Crippen LogP contribution is -2.51. The Hall–Kier alpha value is -1.78. The SMILES string of the molecule is Cn1c(CCC(N)=O)nn(CN2CCN(CC(=O)NC(C)(C)C)CC2)c1=S. The molecule has 1 fully saturated rings. The number of nitrogens with two attached hydrogens (primary N) is 1. The highest BCUT2D eigenvalue weighted by Crippen LogP contribution is 2.07. The van der Waals surface area contributed by atoms with Gasteiger partial charge >= 0.3 is 0 Å². The molecule has 27 heavy (non-hydrogen) atoms. The van der Waals surface area contributed by atoms with Crippen molar-refractivity contribution in [3.05, 3.63) is 10.6 Å². The van der Waals surface area contributed by atoms with Gasteiger partial charge in [0.1, 0.15) is 5.82 Å². The molecule has 0 aromatic carbocycles. The molecule has 0 saturated carbocycles. The summed E-state index contributed by atoms with van der Waals surface area (Å²) in [7, 11) is 1.86. The average molecular weight is 398 g/mol. The molecule has 1 aliphatic heterocycles. The summed E-state index contributed by atoms with van der Waals surface area (Å²) in [5, 5.41) is 7.53. The molecule has 1 aromatic rings. The summed E-state index contributed by atoms with van der Waals surface area (Å²) in [5.41, 5.74) is 5.01. The van der Waals surface area contributed by atoms with E-state index >= 15 is 0 Å². The number of hydrogen-bond donors (Lipinski definition) is 2. The first kappa shape index (κ1) is 21.5. The highest BCUT2D eigenvalue weighted by Gasteiger charge is 2.22. The molecule has 0 spiro atoms. The van der Waals surface area contributed by atoms with Crippen molar-refractivity contribution in [2.24, 2.45) is 12.8 Å². The molecule has 1 aliphatic rings. The Morgan fingerprint density at radius 2 is 1.78 bits per heavy atom. The minimum absolute atomic E-state index is 0.0574. The zero-order valence-corrected chi connectivity index (χ0v) is 17.5. The van der Waals surface area contributed by atoms with Crippen LogP contribution < -0.4 is 11.1 Å². The van der Waals surface area contributed by atoms with Crippen molar-refractivity contribution in [2.45, 2.75) is 45.8 Å². The second-order valence-electron chi connectivity index (χ2n) is 8.06. The first-order valence-electron chi connectivity index (χ1n) is 9.22. The third-order valence-electron chi connectivity index (χ3n) is 4.41. The fourth-order valence-corrected chi connectivity index (χ4v) is 3.22. The molecule has 2 rings (SSSR count). The lowest BCUT2D eigenvalue weighted by Gasteiger charge is -2.34. The molecule has 0 unspecified atom stereocenters. The number of piperazine rings is 1. The predicted molar refractivity (Wildman–Crippen MR) is 105 cm³/mol. The number of rotatable bonds is 7. The molecule has 2 amide bonds. The fourth-order valence-electron chi connectivity index (χ4n) is 3.02. The highest BCUT2D eigenvalue weighted by molar-refractivity contribution is 7.71. The lowest BCUT2D eigenvalue weighted by atomic mass is 10.1. The van der Waals surface area contributed by atoms with E-state index < -0.39 is 0 Å². The number of nitrogens with zero attached hydrogens (tertiary/aromatic N) is 5. The second-order valence-corrected chi connectivity index (χ2v) is 8.42. The Labute approximate surface area is 165 Å². The molecule has 10 heteroatoms. The fraction of sp³-hybridized carbons (Fsp3) is 0.765. The molecule has 2 heterocycles. The first-order valence-corrected chi connectivity index (χ1v) is 9.63. The van der Waals surface area contributed by atoms with E-state index in [4.69, 9.17) is 18.0 Å². The van der Waals surface area contributed by atoms with E-state index in [9.17, 15) is 9.59 Å². The third-order valence-corrected chi connectivity index (χ3v) is 4.89. The molecule has 0 radical (unpaired) electrons. The molecular formula is C17H31N7O2S. The number of hydrogen-bond acceptors (Lipinski definition) is 6. The topological polar surface area (TPSA) is 101 Å². The standard InChI is InChI=1S/C17H31N7O2S/c1-17(2,3)19-15(26)11-22-7-9-23(10-8-22)12-24-16(27)21(4)14(20-24)6-5-13(18)25/h5-12H2,1-4H3,(H2,18,25)(H,19,26). The van der Waals surface area contributed by atoms with Crippen molar-refractivity contribution in [3.8, 4) is 0 Å². The average Bonchev–Trinajstić information content (AvgIpc) is 2.81. The van der Waals surface area contributed by atoms with E-state index in [2.05, 4.69) is 20.2 Å². The summed E-state index contributed by atoms with van der Waals surface area (Å²) in [6.07, 6.45) is 0.744. The Kier molecular flexibility index (Phi) is 7.12. The van der Waals surface area contributed by atoms with Crippen molar-refractivity contribution in [1.82, 2.24) is 29.5 Å². The van der Waals surface area contributed by atoms with Crippen LogP contribution in [0.5, 0.6) is 0 Å². The molecule has 1 saturated heterocycles. The van der Waals surface area contributed by atoms with Gasteiger partial charge < -0.3 is 15.6 Å². The van der Waals surface area contributed by atoms with Crippen LogP contribution in [0.4, 0.5) is 0 Å². The van der Waals surface area contributed by atoms with Gasteiger partial charge in [-0.25, -0.2) is 4.68 Å². The van der Waals surface area contributed by atoms with Crippen LogP contribution in [0.3, 0.4) is 0 Å². The minimum Gasteiger partial charge on any atom is -0.370 e. The Morgan fingerprint density at radius 1 is 1.19 bits per heavy atom. The molecular weight excluding hydrogens is 366 g/mol. The molecule has 0 bridgehead atoms. The van der Waals surface area contributed by atoms with Crippen molar-refractivity contribution in [3.63, 3.8) is 0 Å². The van der Waals surface area contributed by atoms with Crippen LogP contribution in [-0.4, -0.2) is 74.2 Å². The summed E-state index contributed by atoms with van der Waals surface area (Å²) in [6.45, 7) is 10.3. The van der Waals surface area contributed by atoms with Crippen molar-refractivity contribution in [2.75, 3.05) is 32.7 Å². The van der Waals surface area contributed by atoms with E-state index in [1.54, 1.807) is 4.68 Å². The van der Waals surface area contributed by atoms with Crippen LogP contribution in [0.1, 0.15) is 33.0 Å². The van der Waals surface area contributed by atoms with Crippen LogP contribution in [0.15, 0.2) is 0 Å². The van der Waals surface area contributed by atoms with Crippen LogP contribution >= 0.6 is 12.2 Å². The zero-order valence-electron chi connectivity index (χ0n) is 16.7. The van der Waals surface area contributed by atoms with E-state index in [1.165, 1.54) is 0 Å². The number of primary amides is 1. The molecule has 1 aromatic heterocycles. The van der Waals surface area contributed by atoms with Crippen LogP contribution in [0.25, 0.3) is 0 Å². The van der Waals surface area contributed by atoms with Gasteiger partial charge in [0.05, 0.1) is 13.2 Å². The van der Waals surface area contributed by atoms with Gasteiger partial charge in [0, 0.05) is 51.6 Å². The smallest absolute Gasteiger partial charge is 0.234 e. The lowest BCUT2D eigenvalue weighted by molar-refractivity contribution is -0.124. The van der Waals surface area contributed by atoms with Crippen LogP contribution in [-0.2, 0) is 29.7 Å². The summed E-state index contributed by atoms with van der Waals surface area (Å²) < 4.78 is 4.24. The maximum absolute atomic E-state index is 12.1. The number of amides is 2. The minimum atomic E-state index is -0.345. The van der Waals surface area contributed by atoms with Gasteiger partial charge in [0.25, 0.3) is 0 Å². The second kappa shape index (κ2) is 8.94. The number of aryl methyl sites for hydroxylation is 1. The number of aromatic nitrogens is 3. The summed E-state index contributed by atoms with van der Waals surface area (Å²) >= 11 is 5.45. The summed E-state index contributed by atoms with van der Waals surface area (Å²) in [5.74, 6) is 0.473. The first-order chi connectivity index (χ1) is 12.5.